The Labute approximate surface area is 121 Å². The van der Waals surface area contributed by atoms with Crippen LogP contribution in [0, 0.1) is 0 Å². The van der Waals surface area contributed by atoms with Crippen molar-refractivity contribution < 1.29 is 14.3 Å². The largest absolute Gasteiger partial charge is 0.493 e. The first kappa shape index (κ1) is 14.3. The van der Waals surface area contributed by atoms with E-state index in [-0.39, 0.29) is 12.0 Å². The third-order valence-electron chi connectivity index (χ3n) is 3.02. The van der Waals surface area contributed by atoms with E-state index in [0.717, 1.165) is 5.33 Å². The number of amides is 1. The van der Waals surface area contributed by atoms with Crippen molar-refractivity contribution in [2.75, 3.05) is 31.6 Å². The summed E-state index contributed by atoms with van der Waals surface area (Å²) in [6.07, 6.45) is 0.0666. The first-order chi connectivity index (χ1) is 9.26. The monoisotopic (exact) mass is 327 g/mol. The molecule has 1 heterocycles. The fourth-order valence-corrected chi connectivity index (χ4v) is 2.48. The molecule has 1 amide bonds. The summed E-state index contributed by atoms with van der Waals surface area (Å²) in [6, 6.07) is 7.38. The zero-order valence-corrected chi connectivity index (χ0v) is 12.6. The van der Waals surface area contributed by atoms with Crippen molar-refractivity contribution in [2.45, 2.75) is 13.0 Å². The van der Waals surface area contributed by atoms with Crippen LogP contribution in [0.15, 0.2) is 24.3 Å². The number of hydrogen-bond donors (Lipinski definition) is 0. The van der Waals surface area contributed by atoms with Crippen LogP contribution in [0.25, 0.3) is 0 Å². The van der Waals surface area contributed by atoms with Crippen molar-refractivity contribution in [1.82, 2.24) is 4.90 Å². The van der Waals surface area contributed by atoms with Crippen LogP contribution >= 0.6 is 15.9 Å². The molecule has 0 radical (unpaired) electrons. The van der Waals surface area contributed by atoms with Crippen molar-refractivity contribution in [3.63, 3.8) is 0 Å². The molecule has 4 nitrogen and oxygen atoms in total. The number of benzene rings is 1. The molecule has 1 atom stereocenters. The Hall–Kier alpha value is -1.07. The summed E-state index contributed by atoms with van der Waals surface area (Å²) < 4.78 is 11.1. The Morgan fingerprint density at radius 3 is 3.05 bits per heavy atom. The Morgan fingerprint density at radius 2 is 2.32 bits per heavy atom. The van der Waals surface area contributed by atoms with Gasteiger partial charge in [0.2, 0.25) is 0 Å². The molecule has 0 aromatic heterocycles. The van der Waals surface area contributed by atoms with E-state index >= 15 is 0 Å². The minimum Gasteiger partial charge on any atom is -0.493 e. The molecule has 1 aliphatic rings. The minimum atomic E-state index is 0.0123. The van der Waals surface area contributed by atoms with E-state index in [9.17, 15) is 4.79 Å². The quantitative estimate of drug-likeness (QED) is 0.797. The lowest BCUT2D eigenvalue weighted by atomic mass is 10.1. The van der Waals surface area contributed by atoms with Gasteiger partial charge in [0, 0.05) is 18.4 Å². The second-order valence-corrected chi connectivity index (χ2v) is 4.97. The van der Waals surface area contributed by atoms with Crippen LogP contribution in [0.4, 0.5) is 0 Å². The summed E-state index contributed by atoms with van der Waals surface area (Å²) in [7, 11) is 0. The van der Waals surface area contributed by atoms with E-state index in [2.05, 4.69) is 15.9 Å². The highest BCUT2D eigenvalue weighted by Gasteiger charge is 2.25. The number of ether oxygens (including phenoxy) is 2. The van der Waals surface area contributed by atoms with Crippen molar-refractivity contribution in [3.05, 3.63) is 29.8 Å². The summed E-state index contributed by atoms with van der Waals surface area (Å²) in [5.74, 6) is 0.662. The van der Waals surface area contributed by atoms with Gasteiger partial charge in [0.15, 0.2) is 0 Å². The van der Waals surface area contributed by atoms with Crippen molar-refractivity contribution >= 4 is 21.8 Å². The number of morpholine rings is 1. The molecule has 2 rings (SSSR count). The second-order valence-electron chi connectivity index (χ2n) is 4.33. The summed E-state index contributed by atoms with van der Waals surface area (Å²) in [5.41, 5.74) is 0.625. The average molecular weight is 328 g/mol. The Morgan fingerprint density at radius 1 is 1.53 bits per heavy atom. The number of rotatable bonds is 4. The molecule has 1 saturated heterocycles. The number of alkyl halides is 1. The lowest BCUT2D eigenvalue weighted by Gasteiger charge is -2.32. The number of nitrogens with zero attached hydrogens (tertiary/aromatic N) is 1. The molecule has 0 bridgehead atoms. The minimum absolute atomic E-state index is 0.0123. The highest BCUT2D eigenvalue weighted by atomic mass is 79.9. The third-order valence-corrected chi connectivity index (χ3v) is 3.74. The zero-order valence-electron chi connectivity index (χ0n) is 11.0. The molecule has 1 aromatic rings. The molecule has 1 aliphatic heterocycles. The summed E-state index contributed by atoms with van der Waals surface area (Å²) >= 11 is 3.40. The smallest absolute Gasteiger partial charge is 0.257 e. The van der Waals surface area contributed by atoms with Crippen LogP contribution in [0.5, 0.6) is 5.75 Å². The molecule has 1 aromatic carbocycles. The maximum absolute atomic E-state index is 12.5. The van der Waals surface area contributed by atoms with Crippen LogP contribution in [-0.4, -0.2) is 48.5 Å². The van der Waals surface area contributed by atoms with Crippen molar-refractivity contribution in [3.8, 4) is 5.75 Å². The fourth-order valence-electron chi connectivity index (χ4n) is 2.09. The maximum Gasteiger partial charge on any atom is 0.257 e. The number of carbonyl (C=O) groups excluding carboxylic acids is 1. The van der Waals surface area contributed by atoms with E-state index in [1.54, 1.807) is 0 Å². The highest BCUT2D eigenvalue weighted by molar-refractivity contribution is 9.09. The van der Waals surface area contributed by atoms with E-state index in [1.165, 1.54) is 0 Å². The van der Waals surface area contributed by atoms with Crippen LogP contribution in [0.1, 0.15) is 17.3 Å². The van der Waals surface area contributed by atoms with Gasteiger partial charge in [0.1, 0.15) is 5.75 Å². The highest BCUT2D eigenvalue weighted by Crippen LogP contribution is 2.21. The Balaban J connectivity index is 2.14. The molecule has 0 spiro atoms. The second kappa shape index (κ2) is 6.91. The molecule has 1 fully saturated rings. The Kier molecular flexibility index (Phi) is 5.22. The SMILES string of the molecule is CCOc1ccccc1C(=O)N1CCOC(CBr)C1. The van der Waals surface area contributed by atoms with Crippen LogP contribution in [0.2, 0.25) is 0 Å². The zero-order chi connectivity index (χ0) is 13.7. The summed E-state index contributed by atoms with van der Waals surface area (Å²) in [5, 5.41) is 0.740. The maximum atomic E-state index is 12.5. The molecule has 0 N–H and O–H groups in total. The Bertz CT molecular complexity index is 438. The van der Waals surface area contributed by atoms with E-state index in [1.807, 2.05) is 36.1 Å². The van der Waals surface area contributed by atoms with Crippen molar-refractivity contribution in [2.24, 2.45) is 0 Å². The molecule has 19 heavy (non-hydrogen) atoms. The van der Waals surface area contributed by atoms with Crippen LogP contribution in [0.3, 0.4) is 0 Å². The van der Waals surface area contributed by atoms with Gasteiger partial charge in [-0.15, -0.1) is 0 Å². The van der Waals surface area contributed by atoms with Gasteiger partial charge < -0.3 is 14.4 Å². The predicted octanol–water partition coefficient (Wildman–Crippen LogP) is 2.32. The average Bonchev–Trinajstić information content (AvgIpc) is 2.47. The molecular weight excluding hydrogens is 310 g/mol. The van der Waals surface area contributed by atoms with Gasteiger partial charge in [0.25, 0.3) is 5.91 Å². The van der Waals surface area contributed by atoms with Gasteiger partial charge in [-0.25, -0.2) is 0 Å². The third kappa shape index (κ3) is 3.48. The first-order valence-corrected chi connectivity index (χ1v) is 7.57. The van der Waals surface area contributed by atoms with Crippen LogP contribution < -0.4 is 4.74 Å². The standard InChI is InChI=1S/C14H18BrNO3/c1-2-18-13-6-4-3-5-12(13)14(17)16-7-8-19-11(9-15)10-16/h3-6,11H,2,7-10H2,1H3. The van der Waals surface area contributed by atoms with E-state index < -0.39 is 0 Å². The van der Waals surface area contributed by atoms with E-state index in [4.69, 9.17) is 9.47 Å². The number of halogens is 1. The van der Waals surface area contributed by atoms with Gasteiger partial charge in [-0.3, -0.25) is 4.79 Å². The fraction of sp³-hybridized carbons (Fsp3) is 0.500. The normalized spacial score (nSPS) is 19.3. The van der Waals surface area contributed by atoms with Crippen LogP contribution in [-0.2, 0) is 4.74 Å². The molecule has 0 saturated carbocycles. The predicted molar refractivity (Wildman–Crippen MR) is 77.0 cm³/mol. The number of hydrogen-bond acceptors (Lipinski definition) is 3. The molecule has 5 heteroatoms. The molecule has 0 aliphatic carbocycles. The van der Waals surface area contributed by atoms with E-state index in [0.29, 0.717) is 37.6 Å². The van der Waals surface area contributed by atoms with Gasteiger partial charge in [0.05, 0.1) is 24.9 Å². The number of carbonyl (C=O) groups is 1. The summed E-state index contributed by atoms with van der Waals surface area (Å²) in [4.78, 5) is 14.4. The molecule has 104 valence electrons. The van der Waals surface area contributed by atoms with Crippen molar-refractivity contribution in [1.29, 1.82) is 0 Å². The molecular formula is C14H18BrNO3. The van der Waals surface area contributed by atoms with Gasteiger partial charge >= 0.3 is 0 Å². The van der Waals surface area contributed by atoms with Gasteiger partial charge in [-0.2, -0.15) is 0 Å². The summed E-state index contributed by atoms with van der Waals surface area (Å²) in [6.45, 7) is 4.29. The lowest BCUT2D eigenvalue weighted by molar-refractivity contribution is -0.00977. The first-order valence-electron chi connectivity index (χ1n) is 6.45. The van der Waals surface area contributed by atoms with Gasteiger partial charge in [-0.1, -0.05) is 28.1 Å². The van der Waals surface area contributed by atoms with Gasteiger partial charge in [-0.05, 0) is 19.1 Å². The number of para-hydroxylation sites is 1. The topological polar surface area (TPSA) is 38.8 Å². The molecule has 1 unspecified atom stereocenters. The lowest BCUT2D eigenvalue weighted by Crippen LogP contribution is -2.46.